The number of rotatable bonds is 9. The molecule has 0 amide bonds. The second-order valence-corrected chi connectivity index (χ2v) is 22.2. The largest absolute Gasteiger partial charge is 0.310 e. The van der Waals surface area contributed by atoms with Crippen molar-refractivity contribution in [1.82, 2.24) is 0 Å². The highest BCUT2D eigenvalue weighted by atomic mass is 15.1. The third-order valence-corrected chi connectivity index (χ3v) is 17.6. The molecular formula is C67H71N. The maximum Gasteiger partial charge on any atom is 0.0502 e. The second kappa shape index (κ2) is 18.7. The van der Waals surface area contributed by atoms with Crippen molar-refractivity contribution in [2.45, 2.75) is 159 Å². The predicted octanol–water partition coefficient (Wildman–Crippen LogP) is 19.5. The maximum atomic E-state index is 2.64. The van der Waals surface area contributed by atoms with Gasteiger partial charge in [0.25, 0.3) is 0 Å². The smallest absolute Gasteiger partial charge is 0.0502 e. The van der Waals surface area contributed by atoms with Crippen LogP contribution in [-0.2, 0) is 18.3 Å². The van der Waals surface area contributed by atoms with Gasteiger partial charge in [-0.2, -0.15) is 0 Å². The number of nitrogens with zero attached hydrogens (tertiary/aromatic N) is 1. The minimum atomic E-state index is -0.0892. The Hall–Kier alpha value is -5.66. The molecule has 1 nitrogen and oxygen atoms in total. The van der Waals surface area contributed by atoms with E-state index in [1.165, 1.54) is 199 Å². The molecular weight excluding hydrogens is 819 g/mol. The first-order valence-corrected chi connectivity index (χ1v) is 27.1. The SMILES string of the molecule is CC1(C)c2ccccc2-c2ccc(N(c3ccc(-c4ccc(C5CCCCC5)cc4)cc3)c3cc(-c4cccc(-c5cc(C6CCCCC6)cc(C6CCCCC6)c5)c4)cc4c3CCCC4)cc21. The van der Waals surface area contributed by atoms with Crippen LogP contribution in [0.2, 0.25) is 0 Å². The first-order chi connectivity index (χ1) is 33.4. The number of benzene rings is 7. The highest BCUT2D eigenvalue weighted by molar-refractivity contribution is 5.88. The molecule has 68 heavy (non-hydrogen) atoms. The zero-order chi connectivity index (χ0) is 45.6. The number of fused-ring (bicyclic) bond motifs is 4. The minimum Gasteiger partial charge on any atom is -0.310 e. The van der Waals surface area contributed by atoms with Gasteiger partial charge in [0.2, 0.25) is 0 Å². The molecule has 3 saturated carbocycles. The summed E-state index contributed by atoms with van der Waals surface area (Å²) in [5.41, 5.74) is 25.0. The third-order valence-electron chi connectivity index (χ3n) is 17.6. The Morgan fingerprint density at radius 1 is 0.368 bits per heavy atom. The predicted molar refractivity (Wildman–Crippen MR) is 289 cm³/mol. The standard InChI is InChI=1S/C67H71N/c1-67(2)64-28-15-14-27-62(64)63-38-37-60(45-65(63)67)68(59-35-33-51(34-36-59)50-31-29-49(30-32-50)46-17-6-3-7-18-46)66-44-58(40-54-23-12-13-26-61(54)66)53-25-16-24-52(39-53)57-42-55(47-19-8-4-9-20-47)41-56(43-57)48-21-10-5-11-22-48/h14-16,24-25,27-48H,3-13,17-23,26H2,1-2H3. The van der Waals surface area contributed by atoms with Gasteiger partial charge in [0, 0.05) is 16.8 Å². The Kier molecular flexibility index (Phi) is 12.0. The fraction of sp³-hybridized carbons (Fsp3) is 0.373. The van der Waals surface area contributed by atoms with Crippen molar-refractivity contribution >= 4 is 17.1 Å². The molecule has 12 rings (SSSR count). The van der Waals surface area contributed by atoms with Crippen molar-refractivity contribution in [2.24, 2.45) is 0 Å². The number of hydrogen-bond acceptors (Lipinski definition) is 1. The molecule has 1 heteroatoms. The Labute approximate surface area is 408 Å². The number of aryl methyl sites for hydroxylation is 1. The summed E-state index contributed by atoms with van der Waals surface area (Å²) in [5, 5.41) is 0. The molecule has 0 N–H and O–H groups in total. The van der Waals surface area contributed by atoms with Crippen LogP contribution in [0.3, 0.4) is 0 Å². The maximum absolute atomic E-state index is 2.64. The topological polar surface area (TPSA) is 3.24 Å². The average molecular weight is 890 g/mol. The van der Waals surface area contributed by atoms with Gasteiger partial charge < -0.3 is 4.90 Å². The molecule has 0 atom stereocenters. The summed E-state index contributed by atoms with van der Waals surface area (Å²) >= 11 is 0. The fourth-order valence-corrected chi connectivity index (χ4v) is 13.7. The molecule has 0 radical (unpaired) electrons. The zero-order valence-electron chi connectivity index (χ0n) is 41.0. The number of hydrogen-bond donors (Lipinski definition) is 0. The van der Waals surface area contributed by atoms with E-state index in [1.54, 1.807) is 11.1 Å². The van der Waals surface area contributed by atoms with Crippen LogP contribution >= 0.6 is 0 Å². The van der Waals surface area contributed by atoms with Crippen LogP contribution in [0.15, 0.2) is 146 Å². The van der Waals surface area contributed by atoms with Crippen molar-refractivity contribution in [1.29, 1.82) is 0 Å². The van der Waals surface area contributed by atoms with Crippen LogP contribution in [0, 0.1) is 0 Å². The van der Waals surface area contributed by atoms with E-state index < -0.39 is 0 Å². The van der Waals surface area contributed by atoms with E-state index >= 15 is 0 Å². The molecule has 344 valence electrons. The summed E-state index contributed by atoms with van der Waals surface area (Å²) in [4.78, 5) is 2.62. The normalized spacial score (nSPS) is 18.4. The van der Waals surface area contributed by atoms with Gasteiger partial charge in [0.05, 0.1) is 5.69 Å². The van der Waals surface area contributed by atoms with Crippen LogP contribution < -0.4 is 4.90 Å². The van der Waals surface area contributed by atoms with E-state index in [9.17, 15) is 0 Å². The first kappa shape index (κ1) is 43.6. The molecule has 0 unspecified atom stereocenters. The molecule has 0 heterocycles. The van der Waals surface area contributed by atoms with E-state index in [-0.39, 0.29) is 5.41 Å². The van der Waals surface area contributed by atoms with Crippen molar-refractivity contribution < 1.29 is 0 Å². The van der Waals surface area contributed by atoms with E-state index in [4.69, 9.17) is 0 Å². The van der Waals surface area contributed by atoms with Gasteiger partial charge in [-0.05, 0) is 202 Å². The lowest BCUT2D eigenvalue weighted by atomic mass is 9.78. The first-order valence-electron chi connectivity index (χ1n) is 27.1. The van der Waals surface area contributed by atoms with Crippen LogP contribution in [0.4, 0.5) is 17.1 Å². The van der Waals surface area contributed by atoms with Gasteiger partial charge in [-0.1, -0.05) is 181 Å². The average Bonchev–Trinajstić information content (AvgIpc) is 3.64. The molecule has 5 aliphatic carbocycles. The van der Waals surface area contributed by atoms with Crippen molar-refractivity contribution in [3.8, 4) is 44.5 Å². The molecule has 0 bridgehead atoms. The highest BCUT2D eigenvalue weighted by Gasteiger charge is 2.36. The Balaban J connectivity index is 0.964. The molecule has 0 aromatic heterocycles. The van der Waals surface area contributed by atoms with Gasteiger partial charge in [-0.15, -0.1) is 0 Å². The molecule has 0 aliphatic heterocycles. The van der Waals surface area contributed by atoms with Gasteiger partial charge in [-0.3, -0.25) is 0 Å². The summed E-state index contributed by atoms with van der Waals surface area (Å²) in [7, 11) is 0. The van der Waals surface area contributed by atoms with Crippen molar-refractivity contribution in [3.63, 3.8) is 0 Å². The second-order valence-electron chi connectivity index (χ2n) is 22.2. The molecule has 0 spiro atoms. The Morgan fingerprint density at radius 2 is 0.912 bits per heavy atom. The van der Waals surface area contributed by atoms with Crippen LogP contribution in [-0.4, -0.2) is 0 Å². The summed E-state index contributed by atoms with van der Waals surface area (Å²) in [6.45, 7) is 4.83. The quantitative estimate of drug-likeness (QED) is 0.140. The van der Waals surface area contributed by atoms with E-state index in [0.717, 1.165) is 18.8 Å². The van der Waals surface area contributed by atoms with Crippen LogP contribution in [0.1, 0.15) is 180 Å². The van der Waals surface area contributed by atoms with Gasteiger partial charge in [-0.25, -0.2) is 0 Å². The van der Waals surface area contributed by atoms with E-state index in [1.807, 2.05) is 0 Å². The lowest BCUT2D eigenvalue weighted by Crippen LogP contribution is -2.18. The van der Waals surface area contributed by atoms with Gasteiger partial charge in [0.15, 0.2) is 0 Å². The number of anilines is 3. The summed E-state index contributed by atoms with van der Waals surface area (Å²) in [5.74, 6) is 2.12. The van der Waals surface area contributed by atoms with E-state index in [2.05, 4.69) is 164 Å². The summed E-state index contributed by atoms with van der Waals surface area (Å²) in [6.07, 6.45) is 25.1. The Morgan fingerprint density at radius 3 is 1.56 bits per heavy atom. The Bertz CT molecular complexity index is 2880. The third kappa shape index (κ3) is 8.37. The molecule has 3 fully saturated rings. The summed E-state index contributed by atoms with van der Waals surface area (Å²) < 4.78 is 0. The zero-order valence-corrected chi connectivity index (χ0v) is 41.0. The van der Waals surface area contributed by atoms with Gasteiger partial charge in [0.1, 0.15) is 0 Å². The molecule has 5 aliphatic rings. The van der Waals surface area contributed by atoms with Crippen LogP contribution in [0.5, 0.6) is 0 Å². The fourth-order valence-electron chi connectivity index (χ4n) is 13.7. The molecule has 7 aromatic rings. The van der Waals surface area contributed by atoms with E-state index in [0.29, 0.717) is 11.8 Å². The lowest BCUT2D eigenvalue weighted by Gasteiger charge is -2.32. The monoisotopic (exact) mass is 890 g/mol. The van der Waals surface area contributed by atoms with Crippen LogP contribution in [0.25, 0.3) is 44.5 Å². The van der Waals surface area contributed by atoms with Gasteiger partial charge >= 0.3 is 0 Å². The highest BCUT2D eigenvalue weighted by Crippen LogP contribution is 2.52. The lowest BCUT2D eigenvalue weighted by molar-refractivity contribution is 0.435. The molecule has 7 aromatic carbocycles. The minimum absolute atomic E-state index is 0.0892. The van der Waals surface area contributed by atoms with Crippen molar-refractivity contribution in [2.75, 3.05) is 4.90 Å². The molecule has 0 saturated heterocycles. The summed E-state index contributed by atoms with van der Waals surface area (Å²) in [6, 6.07) is 58.0. The van der Waals surface area contributed by atoms with Crippen molar-refractivity contribution in [3.05, 3.63) is 185 Å².